The standard InChI is InChI=1S/C16H23N3O2.ClH/c1-3-5-15(20)18-13-6-4-7-14(11(13)2)19-16(21)12-8-9-17-10-12;/h4,6-7,12,17H,3,5,8-10H2,1-2H3,(H,18,20)(H,19,21);1H. The molecule has 0 saturated carbocycles. The Morgan fingerprint density at radius 1 is 1.27 bits per heavy atom. The van der Waals surface area contributed by atoms with Gasteiger partial charge in [0.05, 0.1) is 5.92 Å². The van der Waals surface area contributed by atoms with Crippen molar-refractivity contribution >= 4 is 35.6 Å². The Hall–Kier alpha value is -1.59. The lowest BCUT2D eigenvalue weighted by atomic mass is 10.1. The van der Waals surface area contributed by atoms with E-state index in [1.54, 1.807) is 0 Å². The highest BCUT2D eigenvalue weighted by molar-refractivity contribution is 5.96. The predicted octanol–water partition coefficient (Wildman–Crippen LogP) is 2.70. The zero-order valence-electron chi connectivity index (χ0n) is 13.1. The van der Waals surface area contributed by atoms with Gasteiger partial charge in [-0.15, -0.1) is 12.4 Å². The van der Waals surface area contributed by atoms with E-state index in [0.29, 0.717) is 6.42 Å². The lowest BCUT2D eigenvalue weighted by Crippen LogP contribution is -2.25. The third kappa shape index (κ3) is 4.71. The molecule has 3 N–H and O–H groups in total. The minimum Gasteiger partial charge on any atom is -0.326 e. The van der Waals surface area contributed by atoms with Crippen LogP contribution in [0.1, 0.15) is 31.7 Å². The van der Waals surface area contributed by atoms with Gasteiger partial charge in [-0.05, 0) is 44.0 Å². The smallest absolute Gasteiger partial charge is 0.228 e. The first-order valence-electron chi connectivity index (χ1n) is 7.53. The summed E-state index contributed by atoms with van der Waals surface area (Å²) in [6.07, 6.45) is 2.19. The molecular weight excluding hydrogens is 302 g/mol. The van der Waals surface area contributed by atoms with Crippen LogP contribution in [0, 0.1) is 12.8 Å². The number of hydrogen-bond donors (Lipinski definition) is 3. The van der Waals surface area contributed by atoms with Gasteiger partial charge in [-0.2, -0.15) is 0 Å². The molecule has 22 heavy (non-hydrogen) atoms. The number of carbonyl (C=O) groups excluding carboxylic acids is 2. The average molecular weight is 326 g/mol. The monoisotopic (exact) mass is 325 g/mol. The predicted molar refractivity (Wildman–Crippen MR) is 91.6 cm³/mol. The zero-order valence-corrected chi connectivity index (χ0v) is 13.9. The van der Waals surface area contributed by atoms with Gasteiger partial charge < -0.3 is 16.0 Å². The molecule has 122 valence electrons. The third-order valence-corrected chi connectivity index (χ3v) is 3.77. The lowest BCUT2D eigenvalue weighted by molar-refractivity contribution is -0.119. The van der Waals surface area contributed by atoms with E-state index >= 15 is 0 Å². The van der Waals surface area contributed by atoms with Gasteiger partial charge in [0.15, 0.2) is 0 Å². The van der Waals surface area contributed by atoms with Crippen molar-refractivity contribution in [3.05, 3.63) is 23.8 Å². The molecule has 1 atom stereocenters. The van der Waals surface area contributed by atoms with E-state index in [-0.39, 0.29) is 30.1 Å². The summed E-state index contributed by atoms with van der Waals surface area (Å²) in [5, 5.41) is 9.05. The number of carbonyl (C=O) groups is 2. The third-order valence-electron chi connectivity index (χ3n) is 3.77. The van der Waals surface area contributed by atoms with Gasteiger partial charge in [-0.1, -0.05) is 13.0 Å². The average Bonchev–Trinajstić information content (AvgIpc) is 2.97. The van der Waals surface area contributed by atoms with E-state index in [2.05, 4.69) is 16.0 Å². The topological polar surface area (TPSA) is 70.2 Å². The summed E-state index contributed by atoms with van der Waals surface area (Å²) in [6.45, 7) is 5.50. The summed E-state index contributed by atoms with van der Waals surface area (Å²) in [7, 11) is 0. The van der Waals surface area contributed by atoms with E-state index in [0.717, 1.165) is 42.9 Å². The lowest BCUT2D eigenvalue weighted by Gasteiger charge is -2.15. The Morgan fingerprint density at radius 2 is 1.95 bits per heavy atom. The number of amides is 2. The second-order valence-corrected chi connectivity index (χ2v) is 5.46. The van der Waals surface area contributed by atoms with Crippen LogP contribution in [0.25, 0.3) is 0 Å². The fourth-order valence-corrected chi connectivity index (χ4v) is 2.46. The Bertz CT molecular complexity index is 528. The fourth-order valence-electron chi connectivity index (χ4n) is 2.46. The molecule has 1 aromatic carbocycles. The number of halogens is 1. The zero-order chi connectivity index (χ0) is 15.2. The molecule has 0 radical (unpaired) electrons. The second kappa shape index (κ2) is 8.76. The van der Waals surface area contributed by atoms with Gasteiger partial charge >= 0.3 is 0 Å². The van der Waals surface area contributed by atoms with Crippen LogP contribution < -0.4 is 16.0 Å². The summed E-state index contributed by atoms with van der Waals surface area (Å²) >= 11 is 0. The molecule has 2 amide bonds. The highest BCUT2D eigenvalue weighted by Crippen LogP contribution is 2.24. The largest absolute Gasteiger partial charge is 0.326 e. The number of anilines is 2. The van der Waals surface area contributed by atoms with Crippen molar-refractivity contribution < 1.29 is 9.59 Å². The van der Waals surface area contributed by atoms with Crippen molar-refractivity contribution in [3.8, 4) is 0 Å². The van der Waals surface area contributed by atoms with Crippen molar-refractivity contribution in [1.29, 1.82) is 0 Å². The molecule has 6 heteroatoms. The molecule has 0 spiro atoms. The van der Waals surface area contributed by atoms with Crippen LogP contribution in [0.4, 0.5) is 11.4 Å². The maximum absolute atomic E-state index is 12.2. The molecular formula is C16H24ClN3O2. The van der Waals surface area contributed by atoms with E-state index in [1.807, 2.05) is 32.0 Å². The molecule has 2 rings (SSSR count). The molecule has 1 saturated heterocycles. The summed E-state index contributed by atoms with van der Waals surface area (Å²) in [5.74, 6) is 0.0759. The van der Waals surface area contributed by atoms with Crippen LogP contribution in [0.15, 0.2) is 18.2 Å². The quantitative estimate of drug-likeness (QED) is 0.779. The summed E-state index contributed by atoms with van der Waals surface area (Å²) in [4.78, 5) is 23.9. The SMILES string of the molecule is CCCC(=O)Nc1cccc(NC(=O)C2CCNC2)c1C.Cl. The molecule has 0 bridgehead atoms. The number of benzene rings is 1. The van der Waals surface area contributed by atoms with Gasteiger partial charge in [0.25, 0.3) is 0 Å². The van der Waals surface area contributed by atoms with E-state index in [1.165, 1.54) is 0 Å². The normalized spacial score (nSPS) is 16.7. The van der Waals surface area contributed by atoms with E-state index in [4.69, 9.17) is 0 Å². The first-order chi connectivity index (χ1) is 10.1. The van der Waals surface area contributed by atoms with Gasteiger partial charge in [0, 0.05) is 24.3 Å². The van der Waals surface area contributed by atoms with E-state index < -0.39 is 0 Å². The van der Waals surface area contributed by atoms with Crippen molar-refractivity contribution in [1.82, 2.24) is 5.32 Å². The number of nitrogens with one attached hydrogen (secondary N) is 3. The Morgan fingerprint density at radius 3 is 2.55 bits per heavy atom. The van der Waals surface area contributed by atoms with E-state index in [9.17, 15) is 9.59 Å². The molecule has 1 aliphatic rings. The number of rotatable bonds is 5. The first kappa shape index (κ1) is 18.5. The Labute approximate surface area is 137 Å². The van der Waals surface area contributed by atoms with Crippen LogP contribution in [0.3, 0.4) is 0 Å². The molecule has 1 aromatic rings. The maximum Gasteiger partial charge on any atom is 0.228 e. The minimum atomic E-state index is 0. The van der Waals surface area contributed by atoms with Crippen molar-refractivity contribution in [2.24, 2.45) is 5.92 Å². The number of hydrogen-bond acceptors (Lipinski definition) is 3. The van der Waals surface area contributed by atoms with Crippen molar-refractivity contribution in [2.45, 2.75) is 33.1 Å². The molecule has 1 fully saturated rings. The summed E-state index contributed by atoms with van der Waals surface area (Å²) in [6, 6.07) is 5.57. The van der Waals surface area contributed by atoms with Gasteiger partial charge in [0.1, 0.15) is 0 Å². The maximum atomic E-state index is 12.2. The van der Waals surface area contributed by atoms with Crippen LogP contribution in [0.2, 0.25) is 0 Å². The van der Waals surface area contributed by atoms with Crippen LogP contribution >= 0.6 is 12.4 Å². The Kier molecular flexibility index (Phi) is 7.35. The van der Waals surface area contributed by atoms with Gasteiger partial charge in [0.2, 0.25) is 11.8 Å². The molecule has 5 nitrogen and oxygen atoms in total. The van der Waals surface area contributed by atoms with Crippen LogP contribution in [-0.4, -0.2) is 24.9 Å². The van der Waals surface area contributed by atoms with Gasteiger partial charge in [-0.25, -0.2) is 0 Å². The minimum absolute atomic E-state index is 0. The van der Waals surface area contributed by atoms with Crippen LogP contribution in [-0.2, 0) is 9.59 Å². The molecule has 0 aromatic heterocycles. The molecule has 0 aliphatic carbocycles. The van der Waals surface area contributed by atoms with Crippen molar-refractivity contribution in [3.63, 3.8) is 0 Å². The molecule has 1 heterocycles. The fraction of sp³-hybridized carbons (Fsp3) is 0.500. The first-order valence-corrected chi connectivity index (χ1v) is 7.53. The molecule has 1 aliphatic heterocycles. The highest BCUT2D eigenvalue weighted by Gasteiger charge is 2.22. The second-order valence-electron chi connectivity index (χ2n) is 5.46. The summed E-state index contributed by atoms with van der Waals surface area (Å²) in [5.41, 5.74) is 2.42. The molecule has 1 unspecified atom stereocenters. The highest BCUT2D eigenvalue weighted by atomic mass is 35.5. The van der Waals surface area contributed by atoms with Crippen molar-refractivity contribution in [2.75, 3.05) is 23.7 Å². The van der Waals surface area contributed by atoms with Crippen LogP contribution in [0.5, 0.6) is 0 Å². The van der Waals surface area contributed by atoms with Gasteiger partial charge in [-0.3, -0.25) is 9.59 Å². The Balaban J connectivity index is 0.00000242. The summed E-state index contributed by atoms with van der Waals surface area (Å²) < 4.78 is 0.